The molecular weight excluding hydrogens is 164 g/mol. The van der Waals surface area contributed by atoms with Crippen molar-refractivity contribution < 1.29 is 4.74 Å². The summed E-state index contributed by atoms with van der Waals surface area (Å²) >= 11 is 0. The molecule has 3 heteroatoms. The maximum Gasteiger partial charge on any atom is 0.0953 e. The number of nitrogens with zero attached hydrogens (tertiary/aromatic N) is 1. The zero-order valence-electron chi connectivity index (χ0n) is 7.79. The minimum atomic E-state index is 0.205. The highest BCUT2D eigenvalue weighted by atomic mass is 16.5. The van der Waals surface area contributed by atoms with E-state index in [1.165, 1.54) is 11.1 Å². The molecule has 13 heavy (non-hydrogen) atoms. The molecule has 1 saturated heterocycles. The Labute approximate surface area is 78.1 Å². The van der Waals surface area contributed by atoms with Gasteiger partial charge < -0.3 is 10.1 Å². The van der Waals surface area contributed by atoms with Gasteiger partial charge in [-0.05, 0) is 24.1 Å². The first-order valence-electron chi connectivity index (χ1n) is 4.61. The van der Waals surface area contributed by atoms with E-state index in [2.05, 4.69) is 17.2 Å². The molecule has 1 fully saturated rings. The molecule has 0 radical (unpaired) electrons. The third kappa shape index (κ3) is 1.87. The van der Waals surface area contributed by atoms with E-state index < -0.39 is 0 Å². The van der Waals surface area contributed by atoms with Crippen LogP contribution >= 0.6 is 0 Å². The molecule has 0 aliphatic carbocycles. The molecular formula is C10H14N2O. The van der Waals surface area contributed by atoms with Gasteiger partial charge >= 0.3 is 0 Å². The quantitative estimate of drug-likeness (QED) is 0.698. The van der Waals surface area contributed by atoms with Crippen molar-refractivity contribution in [3.8, 4) is 0 Å². The molecule has 0 amide bonds. The molecule has 1 N–H and O–H groups in total. The summed E-state index contributed by atoms with van der Waals surface area (Å²) in [5.74, 6) is 0. The van der Waals surface area contributed by atoms with E-state index in [1.54, 1.807) is 0 Å². The molecule has 2 heterocycles. The lowest BCUT2D eigenvalue weighted by atomic mass is 10.1. The van der Waals surface area contributed by atoms with Crippen molar-refractivity contribution >= 4 is 0 Å². The minimum Gasteiger partial charge on any atom is -0.371 e. The van der Waals surface area contributed by atoms with Gasteiger partial charge in [0, 0.05) is 25.5 Å². The second-order valence-electron chi connectivity index (χ2n) is 3.30. The minimum absolute atomic E-state index is 0.205. The van der Waals surface area contributed by atoms with Gasteiger partial charge in [0.2, 0.25) is 0 Å². The summed E-state index contributed by atoms with van der Waals surface area (Å²) in [7, 11) is 0. The van der Waals surface area contributed by atoms with Crippen LogP contribution in [0.4, 0.5) is 0 Å². The summed E-state index contributed by atoms with van der Waals surface area (Å²) in [6, 6.07) is 2.03. The van der Waals surface area contributed by atoms with Crippen molar-refractivity contribution in [3.05, 3.63) is 29.6 Å². The van der Waals surface area contributed by atoms with Crippen molar-refractivity contribution in [2.24, 2.45) is 0 Å². The summed E-state index contributed by atoms with van der Waals surface area (Å²) in [6.45, 7) is 4.73. The van der Waals surface area contributed by atoms with Crippen LogP contribution in [0.1, 0.15) is 17.2 Å². The predicted molar refractivity (Wildman–Crippen MR) is 50.5 cm³/mol. The fourth-order valence-corrected chi connectivity index (χ4v) is 1.61. The normalized spacial score (nSPS) is 23.0. The second kappa shape index (κ2) is 3.85. The number of pyridine rings is 1. The molecule has 0 saturated carbocycles. The Hall–Kier alpha value is -0.930. The predicted octanol–water partition coefficient (Wildman–Crippen LogP) is 1.05. The molecule has 1 unspecified atom stereocenters. The molecule has 1 aromatic rings. The van der Waals surface area contributed by atoms with Gasteiger partial charge in [-0.3, -0.25) is 4.98 Å². The summed E-state index contributed by atoms with van der Waals surface area (Å²) in [6.07, 6.45) is 3.91. The largest absolute Gasteiger partial charge is 0.371 e. The zero-order valence-corrected chi connectivity index (χ0v) is 7.79. The highest BCUT2D eigenvalue weighted by Gasteiger charge is 2.16. The molecule has 2 rings (SSSR count). The summed E-state index contributed by atoms with van der Waals surface area (Å²) in [5, 5.41) is 3.32. The Kier molecular flexibility index (Phi) is 2.57. The van der Waals surface area contributed by atoms with Crippen LogP contribution in [-0.2, 0) is 4.74 Å². The van der Waals surface area contributed by atoms with Crippen LogP contribution in [0.5, 0.6) is 0 Å². The van der Waals surface area contributed by atoms with Crippen LogP contribution in [0.25, 0.3) is 0 Å². The zero-order chi connectivity index (χ0) is 9.10. The number of hydrogen-bond acceptors (Lipinski definition) is 3. The van der Waals surface area contributed by atoms with Crippen LogP contribution in [-0.4, -0.2) is 24.7 Å². The average molecular weight is 178 g/mol. The number of ether oxygens (including phenoxy) is 1. The summed E-state index contributed by atoms with van der Waals surface area (Å²) < 4.78 is 5.65. The third-order valence-corrected chi connectivity index (χ3v) is 2.34. The molecule has 1 aromatic heterocycles. The molecule has 0 bridgehead atoms. The lowest BCUT2D eigenvalue weighted by Gasteiger charge is -2.24. The number of aryl methyl sites for hydroxylation is 1. The van der Waals surface area contributed by atoms with E-state index in [9.17, 15) is 0 Å². The average Bonchev–Trinajstić information content (AvgIpc) is 2.20. The topological polar surface area (TPSA) is 34.2 Å². The first-order valence-corrected chi connectivity index (χ1v) is 4.61. The molecule has 1 atom stereocenters. The van der Waals surface area contributed by atoms with Gasteiger partial charge in [0.15, 0.2) is 0 Å². The smallest absolute Gasteiger partial charge is 0.0953 e. The highest BCUT2D eigenvalue weighted by molar-refractivity contribution is 5.24. The van der Waals surface area contributed by atoms with E-state index in [0.717, 1.165) is 19.7 Å². The molecule has 1 aliphatic heterocycles. The van der Waals surface area contributed by atoms with Gasteiger partial charge in [0.05, 0.1) is 12.7 Å². The maximum atomic E-state index is 5.65. The summed E-state index contributed by atoms with van der Waals surface area (Å²) in [4.78, 5) is 4.06. The fourth-order valence-electron chi connectivity index (χ4n) is 1.61. The Morgan fingerprint density at radius 3 is 3.23 bits per heavy atom. The molecule has 70 valence electrons. The lowest BCUT2D eigenvalue weighted by molar-refractivity contribution is 0.0273. The Morgan fingerprint density at radius 2 is 2.54 bits per heavy atom. The van der Waals surface area contributed by atoms with Crippen molar-refractivity contribution in [1.82, 2.24) is 10.3 Å². The van der Waals surface area contributed by atoms with Crippen LogP contribution < -0.4 is 5.32 Å². The van der Waals surface area contributed by atoms with E-state index in [1.807, 2.05) is 18.5 Å². The summed E-state index contributed by atoms with van der Waals surface area (Å²) in [5.41, 5.74) is 2.46. The SMILES string of the molecule is Cc1cnccc1C1CNCCO1. The maximum absolute atomic E-state index is 5.65. The standard InChI is InChI=1S/C10H14N2O/c1-8-6-11-3-2-9(8)10-7-12-4-5-13-10/h2-3,6,10,12H,4-5,7H2,1H3. The number of aromatic nitrogens is 1. The highest BCUT2D eigenvalue weighted by Crippen LogP contribution is 2.20. The van der Waals surface area contributed by atoms with E-state index in [4.69, 9.17) is 4.74 Å². The molecule has 0 spiro atoms. The van der Waals surface area contributed by atoms with Gasteiger partial charge in [0.1, 0.15) is 0 Å². The first-order chi connectivity index (χ1) is 6.38. The van der Waals surface area contributed by atoms with Crippen molar-refractivity contribution in [2.75, 3.05) is 19.7 Å². The Balaban J connectivity index is 2.18. The number of hydrogen-bond donors (Lipinski definition) is 1. The Bertz CT molecular complexity index is 282. The molecule has 0 aromatic carbocycles. The van der Waals surface area contributed by atoms with Crippen LogP contribution in [0.2, 0.25) is 0 Å². The van der Waals surface area contributed by atoms with Gasteiger partial charge in [0.25, 0.3) is 0 Å². The third-order valence-electron chi connectivity index (χ3n) is 2.34. The van der Waals surface area contributed by atoms with E-state index >= 15 is 0 Å². The van der Waals surface area contributed by atoms with Crippen LogP contribution in [0.15, 0.2) is 18.5 Å². The van der Waals surface area contributed by atoms with Gasteiger partial charge in [-0.1, -0.05) is 0 Å². The van der Waals surface area contributed by atoms with Crippen molar-refractivity contribution in [3.63, 3.8) is 0 Å². The van der Waals surface area contributed by atoms with Gasteiger partial charge in [-0.2, -0.15) is 0 Å². The second-order valence-corrected chi connectivity index (χ2v) is 3.30. The van der Waals surface area contributed by atoms with E-state index in [-0.39, 0.29) is 6.10 Å². The molecule has 3 nitrogen and oxygen atoms in total. The number of nitrogens with one attached hydrogen (secondary N) is 1. The van der Waals surface area contributed by atoms with E-state index in [0.29, 0.717) is 0 Å². The number of morpholine rings is 1. The first kappa shape index (κ1) is 8.66. The van der Waals surface area contributed by atoms with Gasteiger partial charge in [-0.15, -0.1) is 0 Å². The van der Waals surface area contributed by atoms with Gasteiger partial charge in [-0.25, -0.2) is 0 Å². The number of rotatable bonds is 1. The fraction of sp³-hybridized carbons (Fsp3) is 0.500. The van der Waals surface area contributed by atoms with Crippen molar-refractivity contribution in [2.45, 2.75) is 13.0 Å². The lowest BCUT2D eigenvalue weighted by Crippen LogP contribution is -2.33. The Morgan fingerprint density at radius 1 is 1.62 bits per heavy atom. The van der Waals surface area contributed by atoms with Crippen molar-refractivity contribution in [1.29, 1.82) is 0 Å². The van der Waals surface area contributed by atoms with Crippen LogP contribution in [0, 0.1) is 6.92 Å². The van der Waals surface area contributed by atoms with Crippen LogP contribution in [0.3, 0.4) is 0 Å². The monoisotopic (exact) mass is 178 g/mol. The molecule has 1 aliphatic rings.